The van der Waals surface area contributed by atoms with Gasteiger partial charge < -0.3 is 10.5 Å². The highest BCUT2D eigenvalue weighted by Gasteiger charge is 2.04. The average Bonchev–Trinajstić information content (AvgIpc) is 2.17. The molecule has 1 rings (SSSR count). The predicted molar refractivity (Wildman–Crippen MR) is 57.1 cm³/mol. The molecule has 0 heterocycles. The van der Waals surface area contributed by atoms with Crippen molar-refractivity contribution in [3.8, 4) is 11.8 Å². The summed E-state index contributed by atoms with van der Waals surface area (Å²) < 4.78 is 5.02. The SMILES string of the molecule is COc1cc(C=CC#N)c(Cl)cc1N. The van der Waals surface area contributed by atoms with E-state index in [9.17, 15) is 0 Å². The number of nitrogens with two attached hydrogens (primary N) is 1. The summed E-state index contributed by atoms with van der Waals surface area (Å²) in [5.74, 6) is 0.548. The molecule has 0 fully saturated rings. The van der Waals surface area contributed by atoms with Crippen LogP contribution in [-0.4, -0.2) is 7.11 Å². The average molecular weight is 209 g/mol. The summed E-state index contributed by atoms with van der Waals surface area (Å²) in [4.78, 5) is 0. The Morgan fingerprint density at radius 3 is 2.86 bits per heavy atom. The van der Waals surface area contributed by atoms with Gasteiger partial charge in [-0.15, -0.1) is 0 Å². The Morgan fingerprint density at radius 1 is 1.57 bits per heavy atom. The number of nitrogen functional groups attached to an aromatic ring is 1. The Balaban J connectivity index is 3.18. The molecule has 0 aliphatic heterocycles. The molecule has 0 saturated carbocycles. The van der Waals surface area contributed by atoms with Crippen LogP contribution in [0.1, 0.15) is 5.56 Å². The molecule has 0 amide bonds. The molecule has 0 aliphatic carbocycles. The van der Waals surface area contributed by atoms with Crippen LogP contribution in [0.2, 0.25) is 5.02 Å². The second kappa shape index (κ2) is 4.54. The number of halogens is 1. The quantitative estimate of drug-likeness (QED) is 0.600. The van der Waals surface area contributed by atoms with Crippen LogP contribution in [0.4, 0.5) is 5.69 Å². The Kier molecular flexibility index (Phi) is 3.38. The van der Waals surface area contributed by atoms with E-state index in [1.54, 1.807) is 18.2 Å². The number of hydrogen-bond acceptors (Lipinski definition) is 3. The maximum absolute atomic E-state index is 8.36. The van der Waals surface area contributed by atoms with E-state index in [1.807, 2.05) is 6.07 Å². The number of anilines is 1. The predicted octanol–water partition coefficient (Wildman–Crippen LogP) is 2.47. The molecule has 0 aliphatic rings. The van der Waals surface area contributed by atoms with Gasteiger partial charge in [-0.25, -0.2) is 0 Å². The van der Waals surface area contributed by atoms with E-state index >= 15 is 0 Å². The highest BCUT2D eigenvalue weighted by molar-refractivity contribution is 6.32. The molecule has 2 N–H and O–H groups in total. The summed E-state index contributed by atoms with van der Waals surface area (Å²) in [6, 6.07) is 5.16. The monoisotopic (exact) mass is 208 g/mol. The van der Waals surface area contributed by atoms with Gasteiger partial charge in [0.25, 0.3) is 0 Å². The fourth-order valence-electron chi connectivity index (χ4n) is 1.02. The normalized spacial score (nSPS) is 10.1. The lowest BCUT2D eigenvalue weighted by atomic mass is 10.2. The molecule has 1 aromatic rings. The van der Waals surface area contributed by atoms with Crippen molar-refractivity contribution in [3.63, 3.8) is 0 Å². The van der Waals surface area contributed by atoms with Crippen LogP contribution in [0.3, 0.4) is 0 Å². The second-order valence-corrected chi connectivity index (χ2v) is 2.99. The third-order valence-corrected chi connectivity index (χ3v) is 2.01. The highest BCUT2D eigenvalue weighted by atomic mass is 35.5. The van der Waals surface area contributed by atoms with Gasteiger partial charge in [-0.3, -0.25) is 0 Å². The van der Waals surface area contributed by atoms with E-state index in [1.165, 1.54) is 13.2 Å². The number of benzene rings is 1. The van der Waals surface area contributed by atoms with Crippen molar-refractivity contribution in [1.82, 2.24) is 0 Å². The van der Waals surface area contributed by atoms with Crippen molar-refractivity contribution in [2.75, 3.05) is 12.8 Å². The largest absolute Gasteiger partial charge is 0.495 e. The first-order chi connectivity index (χ1) is 6.69. The van der Waals surface area contributed by atoms with Gasteiger partial charge in [-0.1, -0.05) is 11.6 Å². The lowest BCUT2D eigenvalue weighted by Crippen LogP contribution is -1.93. The summed E-state index contributed by atoms with van der Waals surface area (Å²) >= 11 is 5.90. The smallest absolute Gasteiger partial charge is 0.142 e. The Hall–Kier alpha value is -1.66. The zero-order chi connectivity index (χ0) is 10.6. The van der Waals surface area contributed by atoms with E-state index in [-0.39, 0.29) is 0 Å². The fourth-order valence-corrected chi connectivity index (χ4v) is 1.25. The van der Waals surface area contributed by atoms with Crippen molar-refractivity contribution in [1.29, 1.82) is 5.26 Å². The first-order valence-electron chi connectivity index (χ1n) is 3.88. The summed E-state index contributed by atoms with van der Waals surface area (Å²) in [7, 11) is 1.53. The number of rotatable bonds is 2. The Bertz CT molecular complexity index is 407. The molecule has 0 spiro atoms. The van der Waals surface area contributed by atoms with Crippen molar-refractivity contribution in [3.05, 3.63) is 28.8 Å². The molecule has 14 heavy (non-hydrogen) atoms. The molecule has 0 unspecified atom stereocenters. The zero-order valence-electron chi connectivity index (χ0n) is 7.62. The summed E-state index contributed by atoms with van der Waals surface area (Å²) in [6.07, 6.45) is 2.95. The molecule has 72 valence electrons. The van der Waals surface area contributed by atoms with Crippen molar-refractivity contribution < 1.29 is 4.74 Å². The van der Waals surface area contributed by atoms with E-state index in [0.29, 0.717) is 22.0 Å². The molecular weight excluding hydrogens is 200 g/mol. The van der Waals surface area contributed by atoms with Gasteiger partial charge >= 0.3 is 0 Å². The topological polar surface area (TPSA) is 59.0 Å². The van der Waals surface area contributed by atoms with Crippen LogP contribution in [-0.2, 0) is 0 Å². The zero-order valence-corrected chi connectivity index (χ0v) is 8.38. The van der Waals surface area contributed by atoms with Gasteiger partial charge in [0.2, 0.25) is 0 Å². The minimum atomic E-state index is 0.478. The molecule has 1 aromatic carbocycles. The van der Waals surface area contributed by atoms with E-state index in [0.717, 1.165) is 0 Å². The summed E-state index contributed by atoms with van der Waals surface area (Å²) in [6.45, 7) is 0. The van der Waals surface area contributed by atoms with Gasteiger partial charge in [-0.2, -0.15) is 5.26 Å². The van der Waals surface area contributed by atoms with Gasteiger partial charge in [0, 0.05) is 6.08 Å². The summed E-state index contributed by atoms with van der Waals surface area (Å²) in [5.41, 5.74) is 6.82. The molecule has 4 heteroatoms. The minimum Gasteiger partial charge on any atom is -0.495 e. The van der Waals surface area contributed by atoms with Crippen LogP contribution in [0.25, 0.3) is 6.08 Å². The van der Waals surface area contributed by atoms with E-state index in [2.05, 4.69) is 0 Å². The molecule has 0 saturated heterocycles. The molecule has 3 nitrogen and oxygen atoms in total. The third-order valence-electron chi connectivity index (χ3n) is 1.69. The van der Waals surface area contributed by atoms with Crippen molar-refractivity contribution >= 4 is 23.4 Å². The van der Waals surface area contributed by atoms with Crippen molar-refractivity contribution in [2.24, 2.45) is 0 Å². The van der Waals surface area contributed by atoms with Gasteiger partial charge in [0.15, 0.2) is 0 Å². The Morgan fingerprint density at radius 2 is 2.29 bits per heavy atom. The lowest BCUT2D eigenvalue weighted by molar-refractivity contribution is 0.417. The minimum absolute atomic E-state index is 0.478. The van der Waals surface area contributed by atoms with Crippen molar-refractivity contribution in [2.45, 2.75) is 0 Å². The van der Waals surface area contributed by atoms with Crippen LogP contribution in [0.5, 0.6) is 5.75 Å². The number of nitriles is 1. The lowest BCUT2D eigenvalue weighted by Gasteiger charge is -2.06. The fraction of sp³-hybridized carbons (Fsp3) is 0.100. The highest BCUT2D eigenvalue weighted by Crippen LogP contribution is 2.29. The van der Waals surface area contributed by atoms with E-state index < -0.39 is 0 Å². The summed E-state index contributed by atoms with van der Waals surface area (Å²) in [5, 5.41) is 8.86. The number of ether oxygens (including phenoxy) is 1. The maximum Gasteiger partial charge on any atom is 0.142 e. The third kappa shape index (κ3) is 2.18. The van der Waals surface area contributed by atoms with Crippen LogP contribution < -0.4 is 10.5 Å². The molecule has 0 radical (unpaired) electrons. The molecular formula is C10H9ClN2O. The van der Waals surface area contributed by atoms with Gasteiger partial charge in [-0.05, 0) is 23.8 Å². The number of allylic oxidation sites excluding steroid dienone is 1. The van der Waals surface area contributed by atoms with Gasteiger partial charge in [0.1, 0.15) is 5.75 Å². The second-order valence-electron chi connectivity index (χ2n) is 2.58. The van der Waals surface area contributed by atoms with Gasteiger partial charge in [0.05, 0.1) is 23.9 Å². The van der Waals surface area contributed by atoms with Crippen LogP contribution in [0.15, 0.2) is 18.2 Å². The molecule has 0 atom stereocenters. The maximum atomic E-state index is 8.36. The van der Waals surface area contributed by atoms with Crippen LogP contribution >= 0.6 is 11.6 Å². The van der Waals surface area contributed by atoms with E-state index in [4.69, 9.17) is 27.3 Å². The molecule has 0 bridgehead atoms. The first-order valence-corrected chi connectivity index (χ1v) is 4.26. The number of hydrogen-bond donors (Lipinski definition) is 1. The first kappa shape index (κ1) is 10.4. The van der Waals surface area contributed by atoms with Crippen LogP contribution in [0, 0.1) is 11.3 Å². The molecule has 0 aromatic heterocycles. The number of nitrogens with zero attached hydrogens (tertiary/aromatic N) is 1. The number of methoxy groups -OCH3 is 1. The Labute approximate surface area is 87.4 Å². The standard InChI is InChI=1S/C10H9ClN2O/c1-14-10-5-7(3-2-4-12)8(11)6-9(10)13/h2-3,5-6H,13H2,1H3.